The third kappa shape index (κ3) is 4.96. The van der Waals surface area contributed by atoms with E-state index in [0.29, 0.717) is 35.2 Å². The predicted octanol–water partition coefficient (Wildman–Crippen LogP) is 4.03. The largest absolute Gasteiger partial charge is 0.494 e. The van der Waals surface area contributed by atoms with Gasteiger partial charge in [-0.1, -0.05) is 30.0 Å². The zero-order valence-corrected chi connectivity index (χ0v) is 17.6. The number of thiocarbonyl (C=S) groups is 1. The minimum absolute atomic E-state index is 0.259. The molecular weight excluding hydrogens is 408 g/mol. The number of hydrogen-bond donors (Lipinski definition) is 1. The summed E-state index contributed by atoms with van der Waals surface area (Å²) in [6, 6.07) is 14.1. The van der Waals surface area contributed by atoms with Gasteiger partial charge in [0.15, 0.2) is 4.32 Å². The Morgan fingerprint density at radius 1 is 1.14 bits per heavy atom. The van der Waals surface area contributed by atoms with Gasteiger partial charge in [0.2, 0.25) is 0 Å². The van der Waals surface area contributed by atoms with Crippen LogP contribution in [0.15, 0.2) is 53.4 Å². The number of benzene rings is 2. The summed E-state index contributed by atoms with van der Waals surface area (Å²) < 4.78 is 11.5. The van der Waals surface area contributed by atoms with E-state index in [-0.39, 0.29) is 10.2 Å². The van der Waals surface area contributed by atoms with Crippen molar-refractivity contribution >= 4 is 46.2 Å². The van der Waals surface area contributed by atoms with Gasteiger partial charge in [0, 0.05) is 17.2 Å². The first-order chi connectivity index (χ1) is 14.0. The van der Waals surface area contributed by atoms with Crippen molar-refractivity contribution in [2.24, 2.45) is 0 Å². The number of carbonyl (C=O) groups excluding carboxylic acids is 2. The highest BCUT2D eigenvalue weighted by Crippen LogP contribution is 2.34. The number of hydrazine groups is 1. The number of hydrogen-bond acceptors (Lipinski definition) is 6. The standard InChI is InChI=1S/C21H20N2O4S2/c1-3-26-16-11-10-15(17(13-16)27-4-2)12-18-20(25)23(21(28)29-18)22-19(24)14-8-6-5-7-9-14/h5-13H,3-4H2,1-2H3,(H,22,24)/b18-12-. The molecule has 0 saturated carbocycles. The zero-order chi connectivity index (χ0) is 20.8. The van der Waals surface area contributed by atoms with Crippen molar-refractivity contribution in [3.63, 3.8) is 0 Å². The van der Waals surface area contributed by atoms with Gasteiger partial charge in [-0.25, -0.2) is 0 Å². The number of ether oxygens (including phenoxy) is 2. The van der Waals surface area contributed by atoms with Crippen LogP contribution in [-0.4, -0.2) is 34.4 Å². The lowest BCUT2D eigenvalue weighted by Gasteiger charge is -2.15. The van der Waals surface area contributed by atoms with Crippen molar-refractivity contribution in [1.82, 2.24) is 10.4 Å². The molecule has 0 aromatic heterocycles. The lowest BCUT2D eigenvalue weighted by atomic mass is 10.1. The molecule has 3 rings (SSSR count). The number of amides is 2. The smallest absolute Gasteiger partial charge is 0.285 e. The highest BCUT2D eigenvalue weighted by Gasteiger charge is 2.34. The molecule has 0 bridgehead atoms. The Balaban J connectivity index is 1.81. The van der Waals surface area contributed by atoms with Crippen molar-refractivity contribution in [2.45, 2.75) is 13.8 Å². The number of nitrogens with zero attached hydrogens (tertiary/aromatic N) is 1. The lowest BCUT2D eigenvalue weighted by Crippen LogP contribution is -2.44. The average Bonchev–Trinajstić information content (AvgIpc) is 2.98. The Labute approximate surface area is 178 Å². The summed E-state index contributed by atoms with van der Waals surface area (Å²) in [5.74, 6) is 0.507. The molecule has 29 heavy (non-hydrogen) atoms. The molecule has 6 nitrogen and oxygen atoms in total. The first-order valence-corrected chi connectivity index (χ1v) is 10.3. The molecule has 2 amide bonds. The quantitative estimate of drug-likeness (QED) is 0.531. The third-order valence-electron chi connectivity index (χ3n) is 3.93. The van der Waals surface area contributed by atoms with E-state index in [1.165, 1.54) is 0 Å². The van der Waals surface area contributed by atoms with Gasteiger partial charge in [0.1, 0.15) is 11.5 Å². The van der Waals surface area contributed by atoms with Crippen LogP contribution < -0.4 is 14.9 Å². The van der Waals surface area contributed by atoms with Crippen molar-refractivity contribution in [3.8, 4) is 11.5 Å². The molecule has 2 aromatic rings. The maximum Gasteiger partial charge on any atom is 0.285 e. The molecule has 0 unspecified atom stereocenters. The topological polar surface area (TPSA) is 67.9 Å². The van der Waals surface area contributed by atoms with E-state index in [9.17, 15) is 9.59 Å². The number of nitrogens with one attached hydrogen (secondary N) is 1. The second kappa shape index (κ2) is 9.58. The molecule has 1 N–H and O–H groups in total. The molecule has 0 radical (unpaired) electrons. The Bertz CT molecular complexity index is 960. The van der Waals surface area contributed by atoms with Crippen LogP contribution in [0, 0.1) is 0 Å². The molecule has 0 aliphatic carbocycles. The fraction of sp³-hybridized carbons (Fsp3) is 0.190. The van der Waals surface area contributed by atoms with E-state index in [0.717, 1.165) is 22.3 Å². The van der Waals surface area contributed by atoms with Crippen LogP contribution >= 0.6 is 24.0 Å². The van der Waals surface area contributed by atoms with Gasteiger partial charge in [-0.15, -0.1) is 0 Å². The molecule has 0 atom stereocenters. The minimum Gasteiger partial charge on any atom is -0.494 e. The summed E-state index contributed by atoms with van der Waals surface area (Å²) in [7, 11) is 0. The first kappa shape index (κ1) is 20.9. The Morgan fingerprint density at radius 3 is 2.55 bits per heavy atom. The maximum absolute atomic E-state index is 12.8. The molecule has 1 fully saturated rings. The predicted molar refractivity (Wildman–Crippen MR) is 118 cm³/mol. The summed E-state index contributed by atoms with van der Waals surface area (Å²) in [5, 5.41) is 1.09. The monoisotopic (exact) mass is 428 g/mol. The second-order valence-corrected chi connectivity index (χ2v) is 7.57. The summed E-state index contributed by atoms with van der Waals surface area (Å²) in [5.41, 5.74) is 3.73. The number of carbonyl (C=O) groups is 2. The van der Waals surface area contributed by atoms with Crippen LogP contribution in [-0.2, 0) is 4.79 Å². The van der Waals surface area contributed by atoms with Crippen molar-refractivity contribution in [1.29, 1.82) is 0 Å². The van der Waals surface area contributed by atoms with Crippen LogP contribution in [0.1, 0.15) is 29.8 Å². The third-order valence-corrected chi connectivity index (χ3v) is 5.23. The summed E-state index contributed by atoms with van der Waals surface area (Å²) in [6.07, 6.45) is 1.70. The minimum atomic E-state index is -0.403. The van der Waals surface area contributed by atoms with Gasteiger partial charge in [-0.2, -0.15) is 5.01 Å². The van der Waals surface area contributed by atoms with Crippen LogP contribution in [0.5, 0.6) is 11.5 Å². The van der Waals surface area contributed by atoms with Gasteiger partial charge >= 0.3 is 0 Å². The summed E-state index contributed by atoms with van der Waals surface area (Å²) in [4.78, 5) is 25.6. The molecule has 1 heterocycles. The van der Waals surface area contributed by atoms with E-state index in [1.54, 1.807) is 36.4 Å². The highest BCUT2D eigenvalue weighted by molar-refractivity contribution is 8.26. The SMILES string of the molecule is CCOc1ccc(/C=C2\SC(=S)N(NC(=O)c3ccccc3)C2=O)c(OCC)c1. The molecule has 150 valence electrons. The van der Waals surface area contributed by atoms with Gasteiger partial charge in [-0.05, 0) is 56.4 Å². The summed E-state index contributed by atoms with van der Waals surface area (Å²) in [6.45, 7) is 4.81. The van der Waals surface area contributed by atoms with E-state index < -0.39 is 5.91 Å². The van der Waals surface area contributed by atoms with Crippen molar-refractivity contribution in [2.75, 3.05) is 13.2 Å². The van der Waals surface area contributed by atoms with Crippen molar-refractivity contribution in [3.05, 3.63) is 64.6 Å². The van der Waals surface area contributed by atoms with Crippen molar-refractivity contribution < 1.29 is 19.1 Å². The van der Waals surface area contributed by atoms with E-state index in [2.05, 4.69) is 5.43 Å². The van der Waals surface area contributed by atoms with Gasteiger partial charge < -0.3 is 9.47 Å². The van der Waals surface area contributed by atoms with Gasteiger partial charge in [0.25, 0.3) is 11.8 Å². The molecule has 2 aromatic carbocycles. The van der Waals surface area contributed by atoms with Gasteiger partial charge in [-0.3, -0.25) is 15.0 Å². The van der Waals surface area contributed by atoms with E-state index in [1.807, 2.05) is 32.0 Å². The van der Waals surface area contributed by atoms with Crippen LogP contribution in [0.2, 0.25) is 0 Å². The fourth-order valence-electron chi connectivity index (χ4n) is 2.63. The fourth-order valence-corrected chi connectivity index (χ4v) is 3.80. The van der Waals surface area contributed by atoms with Crippen LogP contribution in [0.25, 0.3) is 6.08 Å². The molecule has 1 aliphatic rings. The molecular formula is C21H20N2O4S2. The Hall–Kier alpha value is -2.84. The maximum atomic E-state index is 12.8. The van der Waals surface area contributed by atoms with Gasteiger partial charge in [0.05, 0.1) is 18.1 Å². The van der Waals surface area contributed by atoms with Crippen LogP contribution in [0.3, 0.4) is 0 Å². The van der Waals surface area contributed by atoms with E-state index >= 15 is 0 Å². The normalized spacial score (nSPS) is 15.0. The second-order valence-electron chi connectivity index (χ2n) is 5.89. The number of rotatable bonds is 7. The molecule has 8 heteroatoms. The lowest BCUT2D eigenvalue weighted by molar-refractivity contribution is -0.123. The first-order valence-electron chi connectivity index (χ1n) is 9.07. The zero-order valence-electron chi connectivity index (χ0n) is 16.0. The average molecular weight is 429 g/mol. The molecule has 1 aliphatic heterocycles. The molecule has 1 saturated heterocycles. The van der Waals surface area contributed by atoms with Crippen LogP contribution in [0.4, 0.5) is 0 Å². The van der Waals surface area contributed by atoms with E-state index in [4.69, 9.17) is 21.7 Å². The Morgan fingerprint density at radius 2 is 1.86 bits per heavy atom. The number of thioether (sulfide) groups is 1. The molecule has 0 spiro atoms. The Kier molecular flexibility index (Phi) is 6.90. The highest BCUT2D eigenvalue weighted by atomic mass is 32.2. The summed E-state index contributed by atoms with van der Waals surface area (Å²) >= 11 is 6.40.